The van der Waals surface area contributed by atoms with E-state index in [0.29, 0.717) is 36.9 Å². The molecule has 1 aromatic carbocycles. The highest BCUT2D eigenvalue weighted by Gasteiger charge is 2.25. The van der Waals surface area contributed by atoms with Gasteiger partial charge in [-0.05, 0) is 37.5 Å². The number of carbonyl (C=O) groups is 2. The van der Waals surface area contributed by atoms with E-state index in [1.807, 2.05) is 24.0 Å². The highest BCUT2D eigenvalue weighted by Crippen LogP contribution is 2.18. The van der Waals surface area contributed by atoms with Gasteiger partial charge in [0.25, 0.3) is 5.91 Å². The second kappa shape index (κ2) is 11.5. The molecule has 3 N–H and O–H groups in total. The summed E-state index contributed by atoms with van der Waals surface area (Å²) in [7, 11) is 0. The molecule has 0 bridgehead atoms. The second-order valence-corrected chi connectivity index (χ2v) is 7.55. The van der Waals surface area contributed by atoms with Crippen LogP contribution in [0.3, 0.4) is 0 Å². The first-order valence-corrected chi connectivity index (χ1v) is 9.70. The van der Waals surface area contributed by atoms with E-state index < -0.39 is 0 Å². The Bertz CT molecular complexity index is 658. The number of nitrogen functional groups attached to an aromatic ring is 1. The maximum absolute atomic E-state index is 12.7. The molecule has 1 heterocycles. The standard InChI is InChI=1S/C20H30N4O2.2ClH/c1-15-7-8-16(21)13-18(15)20(26)24-11-9-23(10-12-24)14-19(25)22-17-5-3-2-4-6-17;;/h7-8,13,17H,2-6,9-12,14,21H2,1H3,(H,22,25);2*1H. The highest BCUT2D eigenvalue weighted by atomic mass is 35.5. The van der Waals surface area contributed by atoms with E-state index in [4.69, 9.17) is 5.73 Å². The lowest BCUT2D eigenvalue weighted by molar-refractivity contribution is -0.123. The van der Waals surface area contributed by atoms with Gasteiger partial charge in [-0.25, -0.2) is 0 Å². The van der Waals surface area contributed by atoms with Crippen molar-refractivity contribution in [2.24, 2.45) is 0 Å². The van der Waals surface area contributed by atoms with Gasteiger partial charge in [-0.2, -0.15) is 0 Å². The molecule has 0 radical (unpaired) electrons. The van der Waals surface area contributed by atoms with Gasteiger partial charge in [0.05, 0.1) is 6.54 Å². The van der Waals surface area contributed by atoms with Crippen molar-refractivity contribution in [3.8, 4) is 0 Å². The van der Waals surface area contributed by atoms with Gasteiger partial charge in [-0.1, -0.05) is 25.3 Å². The van der Waals surface area contributed by atoms with Crippen LogP contribution in [0, 0.1) is 6.92 Å². The molecule has 1 aromatic rings. The quantitative estimate of drug-likeness (QED) is 0.719. The zero-order valence-corrected chi connectivity index (χ0v) is 18.1. The number of benzene rings is 1. The Balaban J connectivity index is 0.00000196. The molecule has 0 unspecified atom stereocenters. The molecule has 6 nitrogen and oxygen atoms in total. The minimum Gasteiger partial charge on any atom is -0.399 e. The van der Waals surface area contributed by atoms with Crippen LogP contribution in [0.15, 0.2) is 18.2 Å². The number of amides is 2. The van der Waals surface area contributed by atoms with Gasteiger partial charge >= 0.3 is 0 Å². The van der Waals surface area contributed by atoms with Crippen LogP contribution in [0.5, 0.6) is 0 Å². The van der Waals surface area contributed by atoms with E-state index in [9.17, 15) is 9.59 Å². The first kappa shape index (κ1) is 24.5. The predicted molar refractivity (Wildman–Crippen MR) is 117 cm³/mol. The van der Waals surface area contributed by atoms with Gasteiger partial charge < -0.3 is 16.0 Å². The van der Waals surface area contributed by atoms with Crippen LogP contribution >= 0.6 is 24.8 Å². The minimum absolute atomic E-state index is 0. The average Bonchev–Trinajstić information content (AvgIpc) is 2.64. The maximum Gasteiger partial charge on any atom is 0.254 e. The molecule has 0 atom stereocenters. The Kier molecular flexibility index (Phi) is 10.1. The largest absolute Gasteiger partial charge is 0.399 e. The van der Waals surface area contributed by atoms with Crippen LogP contribution in [0.4, 0.5) is 5.69 Å². The van der Waals surface area contributed by atoms with Gasteiger partial charge in [-0.3, -0.25) is 14.5 Å². The third-order valence-electron chi connectivity index (χ3n) is 5.49. The Labute approximate surface area is 180 Å². The van der Waals surface area contributed by atoms with Crippen LogP contribution in [0.1, 0.15) is 48.0 Å². The number of nitrogens with zero attached hydrogens (tertiary/aromatic N) is 2. The lowest BCUT2D eigenvalue weighted by Gasteiger charge is -2.35. The fourth-order valence-electron chi connectivity index (χ4n) is 3.87. The lowest BCUT2D eigenvalue weighted by Crippen LogP contribution is -2.52. The van der Waals surface area contributed by atoms with Gasteiger partial charge in [0.1, 0.15) is 0 Å². The van der Waals surface area contributed by atoms with Crippen molar-refractivity contribution < 1.29 is 9.59 Å². The monoisotopic (exact) mass is 430 g/mol. The summed E-state index contributed by atoms with van der Waals surface area (Å²) in [5.41, 5.74) is 8.05. The smallest absolute Gasteiger partial charge is 0.254 e. The number of aryl methyl sites for hydroxylation is 1. The van der Waals surface area contributed by atoms with Crippen molar-refractivity contribution in [2.75, 3.05) is 38.5 Å². The van der Waals surface area contributed by atoms with E-state index in [0.717, 1.165) is 31.5 Å². The molecule has 28 heavy (non-hydrogen) atoms. The molecule has 1 saturated heterocycles. The van der Waals surface area contributed by atoms with Crippen molar-refractivity contribution >= 4 is 42.3 Å². The van der Waals surface area contributed by atoms with Crippen molar-refractivity contribution in [1.82, 2.24) is 15.1 Å². The number of carbonyl (C=O) groups excluding carboxylic acids is 2. The van der Waals surface area contributed by atoms with Crippen LogP contribution in [0.2, 0.25) is 0 Å². The summed E-state index contributed by atoms with van der Waals surface area (Å²) in [5, 5.41) is 3.16. The molecule has 2 amide bonds. The molecule has 2 fully saturated rings. The molecule has 158 valence electrons. The van der Waals surface area contributed by atoms with Gasteiger partial charge in [0.15, 0.2) is 0 Å². The third kappa shape index (κ3) is 6.54. The summed E-state index contributed by atoms with van der Waals surface area (Å²) in [6.45, 7) is 5.10. The van der Waals surface area contributed by atoms with Gasteiger partial charge in [0, 0.05) is 43.5 Å². The van der Waals surface area contributed by atoms with Crippen LogP contribution in [-0.2, 0) is 4.79 Å². The zero-order valence-electron chi connectivity index (χ0n) is 16.5. The Morgan fingerprint density at radius 2 is 1.71 bits per heavy atom. The lowest BCUT2D eigenvalue weighted by atomic mass is 9.95. The summed E-state index contributed by atoms with van der Waals surface area (Å²) >= 11 is 0. The summed E-state index contributed by atoms with van der Waals surface area (Å²) < 4.78 is 0. The molecular weight excluding hydrogens is 399 g/mol. The molecule has 1 saturated carbocycles. The van der Waals surface area contributed by atoms with Crippen molar-refractivity contribution in [1.29, 1.82) is 0 Å². The number of hydrogen-bond acceptors (Lipinski definition) is 4. The third-order valence-corrected chi connectivity index (χ3v) is 5.49. The summed E-state index contributed by atoms with van der Waals surface area (Å²) in [4.78, 5) is 29.0. The summed E-state index contributed by atoms with van der Waals surface area (Å²) in [6, 6.07) is 5.80. The minimum atomic E-state index is 0. The highest BCUT2D eigenvalue weighted by molar-refractivity contribution is 5.96. The number of nitrogens with one attached hydrogen (secondary N) is 1. The number of halogens is 2. The molecule has 1 aliphatic heterocycles. The fourth-order valence-corrected chi connectivity index (χ4v) is 3.87. The predicted octanol–water partition coefficient (Wildman–Crippen LogP) is 2.63. The summed E-state index contributed by atoms with van der Waals surface area (Å²) in [6.07, 6.45) is 5.93. The second-order valence-electron chi connectivity index (χ2n) is 7.55. The molecular formula is C20H32Cl2N4O2. The summed E-state index contributed by atoms with van der Waals surface area (Å²) in [5.74, 6) is 0.143. The zero-order chi connectivity index (χ0) is 18.5. The molecule has 0 spiro atoms. The first-order chi connectivity index (χ1) is 12.5. The average molecular weight is 431 g/mol. The molecule has 3 rings (SSSR count). The van der Waals surface area contributed by atoms with Crippen LogP contribution < -0.4 is 11.1 Å². The van der Waals surface area contributed by atoms with Crippen molar-refractivity contribution in [3.05, 3.63) is 29.3 Å². The van der Waals surface area contributed by atoms with Crippen LogP contribution in [0.25, 0.3) is 0 Å². The van der Waals surface area contributed by atoms with Gasteiger partial charge in [-0.15, -0.1) is 24.8 Å². The van der Waals surface area contributed by atoms with E-state index in [2.05, 4.69) is 10.2 Å². The number of piperazine rings is 1. The number of anilines is 1. The number of hydrogen-bond donors (Lipinski definition) is 2. The number of nitrogens with two attached hydrogens (primary N) is 1. The molecule has 2 aliphatic rings. The normalized spacial score (nSPS) is 18.0. The van der Waals surface area contributed by atoms with Crippen molar-refractivity contribution in [3.63, 3.8) is 0 Å². The van der Waals surface area contributed by atoms with E-state index in [-0.39, 0.29) is 36.6 Å². The van der Waals surface area contributed by atoms with E-state index in [1.165, 1.54) is 19.3 Å². The molecule has 1 aliphatic carbocycles. The Morgan fingerprint density at radius 1 is 1.07 bits per heavy atom. The molecule has 0 aromatic heterocycles. The fraction of sp³-hybridized carbons (Fsp3) is 0.600. The topological polar surface area (TPSA) is 78.7 Å². The van der Waals surface area contributed by atoms with E-state index >= 15 is 0 Å². The maximum atomic E-state index is 12.7. The van der Waals surface area contributed by atoms with Gasteiger partial charge in [0.2, 0.25) is 5.91 Å². The Hall–Kier alpha value is -1.50. The Morgan fingerprint density at radius 3 is 2.36 bits per heavy atom. The van der Waals surface area contributed by atoms with Crippen LogP contribution in [-0.4, -0.2) is 60.4 Å². The SMILES string of the molecule is Cc1ccc(N)cc1C(=O)N1CCN(CC(=O)NC2CCCCC2)CC1.Cl.Cl. The first-order valence-electron chi connectivity index (χ1n) is 9.70. The number of rotatable bonds is 4. The van der Waals surface area contributed by atoms with E-state index in [1.54, 1.807) is 6.07 Å². The van der Waals surface area contributed by atoms with Crippen molar-refractivity contribution in [2.45, 2.75) is 45.1 Å². The molecule has 8 heteroatoms.